The maximum atomic E-state index is 12.5. The smallest absolute Gasteiger partial charge is 0.345 e. The first-order valence-electron chi connectivity index (χ1n) is 9.56. The first-order valence-corrected chi connectivity index (χ1v) is 9.56. The molecular formula is C21H25F3N4O2. The van der Waals surface area contributed by atoms with Crippen molar-refractivity contribution in [3.05, 3.63) is 53.0 Å². The quantitative estimate of drug-likeness (QED) is 0.694. The molecule has 0 spiro atoms. The number of pyridine rings is 2. The van der Waals surface area contributed by atoms with Gasteiger partial charge in [0.25, 0.3) is 5.91 Å². The second kappa shape index (κ2) is 9.69. The molecule has 0 aliphatic heterocycles. The van der Waals surface area contributed by atoms with Gasteiger partial charge in [-0.25, -0.2) is 4.98 Å². The number of amides is 2. The summed E-state index contributed by atoms with van der Waals surface area (Å²) in [6, 6.07) is 5.97. The van der Waals surface area contributed by atoms with Crippen molar-refractivity contribution in [2.45, 2.75) is 52.8 Å². The van der Waals surface area contributed by atoms with E-state index in [-0.39, 0.29) is 35.5 Å². The van der Waals surface area contributed by atoms with Crippen LogP contribution >= 0.6 is 0 Å². The van der Waals surface area contributed by atoms with Gasteiger partial charge in [-0.1, -0.05) is 13.8 Å². The van der Waals surface area contributed by atoms with Crippen LogP contribution in [0.2, 0.25) is 0 Å². The number of anilines is 1. The molecule has 0 bridgehead atoms. The Bertz CT molecular complexity index is 896. The molecule has 162 valence electrons. The van der Waals surface area contributed by atoms with E-state index in [0.717, 1.165) is 5.56 Å². The number of hydrogen-bond acceptors (Lipinski definition) is 4. The summed E-state index contributed by atoms with van der Waals surface area (Å²) < 4.78 is 36.9. The van der Waals surface area contributed by atoms with Crippen LogP contribution in [0, 0.1) is 12.8 Å². The molecule has 0 aliphatic rings. The number of alkyl halides is 3. The molecule has 0 saturated carbocycles. The Balaban J connectivity index is 2.04. The average Bonchev–Trinajstić information content (AvgIpc) is 2.65. The van der Waals surface area contributed by atoms with Crippen molar-refractivity contribution in [2.24, 2.45) is 5.92 Å². The van der Waals surface area contributed by atoms with Crippen LogP contribution < -0.4 is 10.6 Å². The summed E-state index contributed by atoms with van der Waals surface area (Å²) in [7, 11) is 0. The molecule has 30 heavy (non-hydrogen) atoms. The maximum Gasteiger partial charge on any atom is 0.389 e. The molecular weight excluding hydrogens is 397 g/mol. The molecule has 0 aliphatic carbocycles. The van der Waals surface area contributed by atoms with Crippen molar-refractivity contribution < 1.29 is 22.8 Å². The average molecular weight is 422 g/mol. The highest BCUT2D eigenvalue weighted by Gasteiger charge is 2.26. The van der Waals surface area contributed by atoms with Crippen molar-refractivity contribution in [3.8, 4) is 0 Å². The molecule has 2 amide bonds. The Morgan fingerprint density at radius 2 is 1.83 bits per heavy atom. The highest BCUT2D eigenvalue weighted by atomic mass is 19.4. The number of carbonyl (C=O) groups is 2. The standard InChI is InChI=1S/C21H25F3N4O2/c1-12(2)19(29)28-18-10-16(9-13(3)26-18)14(4)27-20(30)15-5-6-17(25-11-15)7-8-21(22,23)24/h5-6,9-12,14H,7-8H2,1-4H3,(H,27,30)(H,26,28,29). The van der Waals surface area contributed by atoms with Gasteiger partial charge in [0.2, 0.25) is 5.91 Å². The number of carbonyl (C=O) groups excluding carboxylic acids is 2. The molecule has 1 atom stereocenters. The number of halogens is 3. The highest BCUT2D eigenvalue weighted by molar-refractivity contribution is 5.94. The molecule has 0 radical (unpaired) electrons. The van der Waals surface area contributed by atoms with E-state index in [1.165, 1.54) is 18.3 Å². The van der Waals surface area contributed by atoms with Gasteiger partial charge in [-0.3, -0.25) is 14.6 Å². The molecule has 0 aromatic carbocycles. The largest absolute Gasteiger partial charge is 0.389 e. The van der Waals surface area contributed by atoms with Gasteiger partial charge >= 0.3 is 6.18 Å². The molecule has 2 N–H and O–H groups in total. The maximum absolute atomic E-state index is 12.5. The van der Waals surface area contributed by atoms with Crippen LogP contribution in [0.3, 0.4) is 0 Å². The fraction of sp³-hybridized carbons (Fsp3) is 0.429. The Morgan fingerprint density at radius 3 is 2.40 bits per heavy atom. The van der Waals surface area contributed by atoms with Gasteiger partial charge in [0.05, 0.1) is 11.6 Å². The van der Waals surface area contributed by atoms with E-state index < -0.39 is 18.5 Å². The minimum absolute atomic E-state index is 0.160. The third-order valence-electron chi connectivity index (χ3n) is 4.35. The van der Waals surface area contributed by atoms with E-state index in [2.05, 4.69) is 20.6 Å². The monoisotopic (exact) mass is 422 g/mol. The van der Waals surface area contributed by atoms with Crippen LogP contribution in [0.25, 0.3) is 0 Å². The highest BCUT2D eigenvalue weighted by Crippen LogP contribution is 2.22. The summed E-state index contributed by atoms with van der Waals surface area (Å²) in [6.07, 6.45) is -4.17. The second-order valence-corrected chi connectivity index (χ2v) is 7.42. The predicted molar refractivity (Wildman–Crippen MR) is 107 cm³/mol. The van der Waals surface area contributed by atoms with E-state index in [1.54, 1.807) is 39.8 Å². The Hall–Kier alpha value is -2.97. The fourth-order valence-corrected chi connectivity index (χ4v) is 2.62. The van der Waals surface area contributed by atoms with Gasteiger partial charge in [0.1, 0.15) is 5.82 Å². The lowest BCUT2D eigenvalue weighted by Crippen LogP contribution is -2.27. The van der Waals surface area contributed by atoms with E-state index in [9.17, 15) is 22.8 Å². The summed E-state index contributed by atoms with van der Waals surface area (Å²) in [5.41, 5.74) is 1.96. The molecule has 6 nitrogen and oxygen atoms in total. The van der Waals surface area contributed by atoms with Crippen molar-refractivity contribution >= 4 is 17.6 Å². The van der Waals surface area contributed by atoms with Gasteiger partial charge in [0.15, 0.2) is 0 Å². The first-order chi connectivity index (χ1) is 13.9. The number of hydrogen-bond donors (Lipinski definition) is 2. The summed E-state index contributed by atoms with van der Waals surface area (Å²) in [4.78, 5) is 32.6. The van der Waals surface area contributed by atoms with Gasteiger partial charge in [-0.15, -0.1) is 0 Å². The van der Waals surface area contributed by atoms with Crippen LogP contribution in [0.1, 0.15) is 60.5 Å². The Morgan fingerprint density at radius 1 is 1.13 bits per heavy atom. The Kier molecular flexibility index (Phi) is 7.53. The topological polar surface area (TPSA) is 84.0 Å². The lowest BCUT2D eigenvalue weighted by Gasteiger charge is -2.17. The van der Waals surface area contributed by atoms with Crippen LogP contribution in [-0.2, 0) is 11.2 Å². The van der Waals surface area contributed by atoms with E-state index in [0.29, 0.717) is 11.5 Å². The third-order valence-corrected chi connectivity index (χ3v) is 4.35. The van der Waals surface area contributed by atoms with Gasteiger partial charge in [-0.2, -0.15) is 13.2 Å². The van der Waals surface area contributed by atoms with Crippen LogP contribution in [-0.4, -0.2) is 28.0 Å². The molecule has 2 heterocycles. The van der Waals surface area contributed by atoms with Crippen molar-refractivity contribution in [3.63, 3.8) is 0 Å². The molecule has 2 aromatic rings. The molecule has 2 rings (SSSR count). The number of nitrogens with zero attached hydrogens (tertiary/aromatic N) is 2. The van der Waals surface area contributed by atoms with Crippen LogP contribution in [0.4, 0.5) is 19.0 Å². The summed E-state index contributed by atoms with van der Waals surface area (Å²) in [6.45, 7) is 7.12. The summed E-state index contributed by atoms with van der Waals surface area (Å²) >= 11 is 0. The predicted octanol–water partition coefficient (Wildman–Crippen LogP) is 4.37. The third kappa shape index (κ3) is 7.13. The Labute approximate surface area is 173 Å². The van der Waals surface area contributed by atoms with E-state index in [1.807, 2.05) is 0 Å². The van der Waals surface area contributed by atoms with E-state index >= 15 is 0 Å². The molecule has 0 fully saturated rings. The van der Waals surface area contributed by atoms with Crippen molar-refractivity contribution in [2.75, 3.05) is 5.32 Å². The molecule has 9 heteroatoms. The lowest BCUT2D eigenvalue weighted by atomic mass is 10.1. The lowest BCUT2D eigenvalue weighted by molar-refractivity contribution is -0.134. The SMILES string of the molecule is Cc1cc(C(C)NC(=O)c2ccc(CCC(F)(F)F)nc2)cc(NC(=O)C(C)C)n1. The minimum atomic E-state index is -4.25. The zero-order chi connectivity index (χ0) is 22.5. The van der Waals surface area contributed by atoms with Crippen LogP contribution in [0.5, 0.6) is 0 Å². The minimum Gasteiger partial charge on any atom is -0.345 e. The number of aromatic nitrogens is 2. The number of aryl methyl sites for hydroxylation is 2. The van der Waals surface area contributed by atoms with Crippen molar-refractivity contribution in [1.29, 1.82) is 0 Å². The van der Waals surface area contributed by atoms with Crippen molar-refractivity contribution in [1.82, 2.24) is 15.3 Å². The second-order valence-electron chi connectivity index (χ2n) is 7.42. The van der Waals surface area contributed by atoms with Crippen LogP contribution in [0.15, 0.2) is 30.5 Å². The fourth-order valence-electron chi connectivity index (χ4n) is 2.62. The summed E-state index contributed by atoms with van der Waals surface area (Å²) in [5, 5.41) is 5.56. The zero-order valence-electron chi connectivity index (χ0n) is 17.3. The molecule has 2 aromatic heterocycles. The normalized spacial score (nSPS) is 12.5. The number of rotatable bonds is 7. The van der Waals surface area contributed by atoms with E-state index in [4.69, 9.17) is 0 Å². The van der Waals surface area contributed by atoms with Gasteiger partial charge in [0, 0.05) is 29.9 Å². The molecule has 1 unspecified atom stereocenters. The van der Waals surface area contributed by atoms with Gasteiger partial charge < -0.3 is 10.6 Å². The molecule has 0 saturated heterocycles. The summed E-state index contributed by atoms with van der Waals surface area (Å²) in [5.74, 6) is -0.355. The van der Waals surface area contributed by atoms with Gasteiger partial charge in [-0.05, 0) is 50.1 Å². The number of nitrogens with one attached hydrogen (secondary N) is 2. The first kappa shape index (κ1) is 23.3. The zero-order valence-corrected chi connectivity index (χ0v) is 17.3.